The number of unbranched alkanes of at least 4 members (excludes halogenated alkanes) is 1. The first-order chi connectivity index (χ1) is 15.9. The maximum atomic E-state index is 12.4. The Morgan fingerprint density at radius 3 is 2.24 bits per heavy atom. The summed E-state index contributed by atoms with van der Waals surface area (Å²) in [6, 6.07) is 9.63. The summed E-state index contributed by atoms with van der Waals surface area (Å²) >= 11 is 1.86. The first-order valence-corrected chi connectivity index (χ1v) is 13.0. The lowest BCUT2D eigenvalue weighted by atomic mass is 9.98. The summed E-state index contributed by atoms with van der Waals surface area (Å²) in [4.78, 5) is 23.6. The summed E-state index contributed by atoms with van der Waals surface area (Å²) in [5, 5.41) is 5.76. The molecule has 0 heterocycles. The van der Waals surface area contributed by atoms with Crippen LogP contribution in [0.4, 0.5) is 0 Å². The van der Waals surface area contributed by atoms with E-state index in [-0.39, 0.29) is 24.4 Å². The van der Waals surface area contributed by atoms with Gasteiger partial charge in [0.2, 0.25) is 5.91 Å². The monoisotopic (exact) mass is 482 g/mol. The van der Waals surface area contributed by atoms with Gasteiger partial charge in [-0.25, -0.2) is 0 Å². The molecular weight excluding hydrogens is 436 g/mol. The number of nitrogens with one attached hydrogen (secondary N) is 2. The number of ether oxygens (including phenoxy) is 1. The van der Waals surface area contributed by atoms with Gasteiger partial charge in [0.05, 0.1) is 13.0 Å². The second kappa shape index (κ2) is 24.8. The highest BCUT2D eigenvalue weighted by molar-refractivity contribution is 7.98. The molecule has 0 unspecified atom stereocenters. The third-order valence-corrected chi connectivity index (χ3v) is 4.98. The Labute approximate surface area is 205 Å². The molecule has 190 valence electrons. The SMILES string of the molecule is CCCC.CCSC.COC(=O)CNC(=O)[C@@H](/C=C/CNC[C@@H](N)CN)Cc1ccccc1. The molecule has 0 aromatic heterocycles. The molecule has 0 aliphatic heterocycles. The maximum absolute atomic E-state index is 12.4. The van der Waals surface area contributed by atoms with Crippen molar-refractivity contribution < 1.29 is 14.3 Å². The number of benzene rings is 1. The van der Waals surface area contributed by atoms with Crippen LogP contribution in [0.2, 0.25) is 0 Å². The first-order valence-electron chi connectivity index (χ1n) is 11.6. The minimum Gasteiger partial charge on any atom is -0.468 e. The van der Waals surface area contributed by atoms with Crippen molar-refractivity contribution in [1.29, 1.82) is 0 Å². The van der Waals surface area contributed by atoms with E-state index < -0.39 is 5.97 Å². The van der Waals surface area contributed by atoms with Crippen molar-refractivity contribution in [3.8, 4) is 0 Å². The summed E-state index contributed by atoms with van der Waals surface area (Å²) < 4.78 is 4.54. The summed E-state index contributed by atoms with van der Waals surface area (Å²) in [6.45, 7) is 7.98. The van der Waals surface area contributed by atoms with Gasteiger partial charge in [-0.15, -0.1) is 0 Å². The van der Waals surface area contributed by atoms with Crippen LogP contribution in [0.1, 0.15) is 39.2 Å². The zero-order chi connectivity index (χ0) is 25.3. The summed E-state index contributed by atoms with van der Waals surface area (Å²) in [7, 11) is 1.29. The van der Waals surface area contributed by atoms with Crippen LogP contribution >= 0.6 is 11.8 Å². The molecule has 1 aromatic rings. The smallest absolute Gasteiger partial charge is 0.325 e. The summed E-state index contributed by atoms with van der Waals surface area (Å²) in [5.41, 5.74) is 12.2. The lowest BCUT2D eigenvalue weighted by Crippen LogP contribution is -2.39. The lowest BCUT2D eigenvalue weighted by Gasteiger charge is -2.13. The molecule has 0 saturated heterocycles. The average molecular weight is 483 g/mol. The van der Waals surface area contributed by atoms with Gasteiger partial charge in [-0.2, -0.15) is 11.8 Å². The van der Waals surface area contributed by atoms with Gasteiger partial charge in [0.1, 0.15) is 6.54 Å². The molecule has 1 amide bonds. The van der Waals surface area contributed by atoms with Crippen LogP contribution in [0, 0.1) is 5.92 Å². The van der Waals surface area contributed by atoms with Crippen LogP contribution in [-0.4, -0.2) is 63.2 Å². The molecule has 0 spiro atoms. The van der Waals surface area contributed by atoms with Gasteiger partial charge in [0.15, 0.2) is 0 Å². The topological polar surface area (TPSA) is 119 Å². The quantitative estimate of drug-likeness (QED) is 0.194. The van der Waals surface area contributed by atoms with Crippen molar-refractivity contribution in [3.05, 3.63) is 48.0 Å². The molecule has 0 saturated carbocycles. The van der Waals surface area contributed by atoms with Gasteiger partial charge in [0.25, 0.3) is 0 Å². The maximum Gasteiger partial charge on any atom is 0.325 e. The molecule has 1 rings (SSSR count). The fourth-order valence-electron chi connectivity index (χ4n) is 2.15. The van der Waals surface area contributed by atoms with Gasteiger partial charge in [0, 0.05) is 25.7 Å². The van der Waals surface area contributed by atoms with E-state index in [1.807, 2.05) is 54.2 Å². The number of esters is 1. The standard InChI is InChI=1S/C18H28N4O3.C4H10.C3H8S/c1-25-17(23)13-22-18(24)15(10-14-6-3-2-4-7-14)8-5-9-21-12-16(20)11-19;2*1-3-4-2/h2-8,15-16,21H,9-13,19-20H2,1H3,(H,22,24);3-4H2,1-2H3;3H2,1-2H3/b8-5+;;/t15-,16-;;/m0../s1. The molecular formula is C25H46N4O3S. The van der Waals surface area contributed by atoms with E-state index in [4.69, 9.17) is 11.5 Å². The van der Waals surface area contributed by atoms with Crippen LogP contribution in [0.25, 0.3) is 0 Å². The molecule has 0 bridgehead atoms. The van der Waals surface area contributed by atoms with Crippen LogP contribution in [0.15, 0.2) is 42.5 Å². The number of hydrogen-bond donors (Lipinski definition) is 4. The Morgan fingerprint density at radius 2 is 1.76 bits per heavy atom. The van der Waals surface area contributed by atoms with Crippen molar-refractivity contribution in [2.75, 3.05) is 45.3 Å². The van der Waals surface area contributed by atoms with E-state index in [0.717, 1.165) is 5.56 Å². The van der Waals surface area contributed by atoms with Crippen LogP contribution in [-0.2, 0) is 20.7 Å². The van der Waals surface area contributed by atoms with Gasteiger partial charge < -0.3 is 26.8 Å². The Bertz CT molecular complexity index is 607. The zero-order valence-corrected chi connectivity index (χ0v) is 22.0. The fraction of sp³-hybridized carbons (Fsp3) is 0.600. The van der Waals surface area contributed by atoms with E-state index in [9.17, 15) is 9.59 Å². The number of nitrogens with two attached hydrogens (primary N) is 2. The summed E-state index contributed by atoms with van der Waals surface area (Å²) in [6.07, 6.45) is 9.00. The second-order valence-electron chi connectivity index (χ2n) is 7.25. The predicted molar refractivity (Wildman–Crippen MR) is 142 cm³/mol. The highest BCUT2D eigenvalue weighted by Crippen LogP contribution is 2.10. The van der Waals surface area contributed by atoms with E-state index in [1.165, 1.54) is 25.7 Å². The fourth-order valence-corrected chi connectivity index (χ4v) is 2.15. The number of hydrogen-bond acceptors (Lipinski definition) is 7. The average Bonchev–Trinajstić information content (AvgIpc) is 2.86. The van der Waals surface area contributed by atoms with Gasteiger partial charge >= 0.3 is 5.97 Å². The molecule has 0 fully saturated rings. The first kappa shape index (κ1) is 33.3. The molecule has 8 heteroatoms. The number of thioether (sulfide) groups is 1. The molecule has 6 N–H and O–H groups in total. The lowest BCUT2D eigenvalue weighted by molar-refractivity contribution is -0.141. The third kappa shape index (κ3) is 21.7. The van der Waals surface area contributed by atoms with Crippen LogP contribution in [0.5, 0.6) is 0 Å². The molecule has 0 aliphatic rings. The zero-order valence-electron chi connectivity index (χ0n) is 21.1. The number of amides is 1. The van der Waals surface area contributed by atoms with Gasteiger partial charge in [-0.3, -0.25) is 9.59 Å². The van der Waals surface area contributed by atoms with Crippen molar-refractivity contribution >= 4 is 23.6 Å². The van der Waals surface area contributed by atoms with Crippen molar-refractivity contribution in [3.63, 3.8) is 0 Å². The Hall–Kier alpha value is -1.87. The molecule has 0 aliphatic carbocycles. The molecule has 0 radical (unpaired) electrons. The number of carbonyl (C=O) groups excluding carboxylic acids is 2. The van der Waals surface area contributed by atoms with E-state index in [1.54, 1.807) is 0 Å². The third-order valence-electron chi connectivity index (χ3n) is 4.40. The molecule has 7 nitrogen and oxygen atoms in total. The minimum absolute atomic E-state index is 0.0862. The van der Waals surface area contributed by atoms with Crippen LogP contribution < -0.4 is 22.1 Å². The van der Waals surface area contributed by atoms with Gasteiger partial charge in [-0.1, -0.05) is 76.1 Å². The second-order valence-corrected chi connectivity index (χ2v) is 8.40. The Balaban J connectivity index is 0. The molecule has 1 aromatic carbocycles. The molecule has 2 atom stereocenters. The predicted octanol–water partition coefficient (Wildman–Crippen LogP) is 2.74. The normalized spacial score (nSPS) is 12.0. The van der Waals surface area contributed by atoms with Crippen molar-refractivity contribution in [2.45, 2.75) is 46.1 Å². The van der Waals surface area contributed by atoms with Crippen molar-refractivity contribution in [1.82, 2.24) is 10.6 Å². The van der Waals surface area contributed by atoms with Crippen molar-refractivity contribution in [2.24, 2.45) is 17.4 Å². The Morgan fingerprint density at radius 1 is 1.15 bits per heavy atom. The number of methoxy groups -OCH3 is 1. The van der Waals surface area contributed by atoms with Crippen LogP contribution in [0.3, 0.4) is 0 Å². The van der Waals surface area contributed by atoms with Gasteiger partial charge in [-0.05, 0) is 24.0 Å². The largest absolute Gasteiger partial charge is 0.468 e. The molecule has 33 heavy (non-hydrogen) atoms. The number of rotatable bonds is 13. The number of carbonyl (C=O) groups is 2. The van der Waals surface area contributed by atoms with E-state index >= 15 is 0 Å². The highest BCUT2D eigenvalue weighted by atomic mass is 32.2. The minimum atomic E-state index is -0.478. The van der Waals surface area contributed by atoms with E-state index in [0.29, 0.717) is 26.1 Å². The van der Waals surface area contributed by atoms with E-state index in [2.05, 4.69) is 42.4 Å². The summed E-state index contributed by atoms with van der Waals surface area (Å²) in [5.74, 6) is 0.162. The Kier molecular flexibility index (Phi) is 25.0. The highest BCUT2D eigenvalue weighted by Gasteiger charge is 2.17.